The van der Waals surface area contributed by atoms with Gasteiger partial charge >= 0.3 is 0 Å². The number of ether oxygens (including phenoxy) is 3. The molecule has 0 saturated heterocycles. The molecular formula is C29H30ClN5O4. The Balaban J connectivity index is 1.15. The molecule has 0 spiro atoms. The molecular weight excluding hydrogens is 518 g/mol. The van der Waals surface area contributed by atoms with Gasteiger partial charge in [0.05, 0.1) is 32.5 Å². The zero-order chi connectivity index (χ0) is 27.2. The number of rotatable bonds is 10. The Morgan fingerprint density at radius 3 is 2.56 bits per heavy atom. The van der Waals surface area contributed by atoms with E-state index >= 15 is 0 Å². The number of benzene rings is 3. The average Bonchev–Trinajstić information content (AvgIpc) is 3.42. The normalized spacial score (nSPS) is 13.0. The van der Waals surface area contributed by atoms with E-state index in [9.17, 15) is 4.79 Å². The van der Waals surface area contributed by atoms with Crippen molar-refractivity contribution < 1.29 is 19.0 Å². The largest absolute Gasteiger partial charge is 0.493 e. The number of nitrogens with zero attached hydrogens (tertiary/aromatic N) is 4. The standard InChI is InChI=1S/C29H30ClN5O4/c1-37-27-14-20-10-11-34(17-21(20)15-28(27)38-2)12-13-35-18-24(32-33-35)19-39-26-9-4-3-8-25(26)29(36)31-23-7-5-6-22(30)16-23/h3-9,14-16,18H,10-13,17,19H2,1-2H3,(H,31,36). The van der Waals surface area contributed by atoms with Crippen molar-refractivity contribution in [3.63, 3.8) is 0 Å². The fraction of sp³-hybridized carbons (Fsp3) is 0.276. The molecule has 0 saturated carbocycles. The van der Waals surface area contributed by atoms with Crippen LogP contribution in [0.2, 0.25) is 5.02 Å². The fourth-order valence-electron chi connectivity index (χ4n) is 4.59. The summed E-state index contributed by atoms with van der Waals surface area (Å²) in [6, 6.07) is 18.2. The molecule has 0 aliphatic carbocycles. The number of anilines is 1. The summed E-state index contributed by atoms with van der Waals surface area (Å²) in [6.07, 6.45) is 2.83. The fourth-order valence-corrected chi connectivity index (χ4v) is 4.78. The highest BCUT2D eigenvalue weighted by Crippen LogP contribution is 2.33. The van der Waals surface area contributed by atoms with Gasteiger partial charge < -0.3 is 19.5 Å². The number of aromatic nitrogens is 3. The molecule has 1 aliphatic heterocycles. The van der Waals surface area contributed by atoms with Crippen LogP contribution in [0.15, 0.2) is 66.9 Å². The molecule has 5 rings (SSSR count). The molecule has 0 fully saturated rings. The van der Waals surface area contributed by atoms with Crippen LogP contribution in [0.5, 0.6) is 17.2 Å². The van der Waals surface area contributed by atoms with Crippen molar-refractivity contribution in [1.82, 2.24) is 19.9 Å². The predicted molar refractivity (Wildman–Crippen MR) is 149 cm³/mol. The smallest absolute Gasteiger partial charge is 0.259 e. The highest BCUT2D eigenvalue weighted by atomic mass is 35.5. The van der Waals surface area contributed by atoms with E-state index in [-0.39, 0.29) is 12.5 Å². The Kier molecular flexibility index (Phi) is 8.29. The Labute approximate surface area is 232 Å². The van der Waals surface area contributed by atoms with Crippen LogP contribution < -0.4 is 19.5 Å². The summed E-state index contributed by atoms with van der Waals surface area (Å²) in [6.45, 7) is 3.54. The second kappa shape index (κ2) is 12.2. The number of carbonyl (C=O) groups is 1. The number of amides is 1. The number of fused-ring (bicyclic) bond motifs is 1. The summed E-state index contributed by atoms with van der Waals surface area (Å²) >= 11 is 6.03. The summed E-state index contributed by atoms with van der Waals surface area (Å²) < 4.78 is 18.7. The Morgan fingerprint density at radius 2 is 1.77 bits per heavy atom. The van der Waals surface area contributed by atoms with Gasteiger partial charge in [0.1, 0.15) is 18.1 Å². The first-order valence-corrected chi connectivity index (χ1v) is 13.0. The zero-order valence-electron chi connectivity index (χ0n) is 21.9. The summed E-state index contributed by atoms with van der Waals surface area (Å²) in [5, 5.41) is 11.9. The van der Waals surface area contributed by atoms with Crippen molar-refractivity contribution in [3.8, 4) is 17.2 Å². The van der Waals surface area contributed by atoms with E-state index < -0.39 is 0 Å². The second-order valence-corrected chi connectivity index (χ2v) is 9.66. The predicted octanol–water partition coefficient (Wildman–Crippen LogP) is 4.84. The molecule has 1 N–H and O–H groups in total. The van der Waals surface area contributed by atoms with Crippen LogP contribution in [-0.2, 0) is 26.1 Å². The van der Waals surface area contributed by atoms with Crippen molar-refractivity contribution in [2.24, 2.45) is 0 Å². The first-order chi connectivity index (χ1) is 19.0. The van der Waals surface area contributed by atoms with Gasteiger partial charge in [-0.1, -0.05) is 35.0 Å². The Bertz CT molecular complexity index is 1460. The number of para-hydroxylation sites is 1. The van der Waals surface area contributed by atoms with Gasteiger partial charge in [0.25, 0.3) is 5.91 Å². The molecule has 10 heteroatoms. The SMILES string of the molecule is COc1cc2c(cc1OC)CN(CCn1cc(COc3ccccc3C(=O)Nc3cccc(Cl)c3)nn1)CC2. The van der Waals surface area contributed by atoms with Crippen LogP contribution >= 0.6 is 11.6 Å². The van der Waals surface area contributed by atoms with Crippen LogP contribution in [0, 0.1) is 0 Å². The van der Waals surface area contributed by atoms with E-state index in [1.54, 1.807) is 56.7 Å². The van der Waals surface area contributed by atoms with Gasteiger partial charge in [-0.25, -0.2) is 0 Å². The molecule has 202 valence electrons. The van der Waals surface area contributed by atoms with Gasteiger partial charge in [0.15, 0.2) is 11.5 Å². The summed E-state index contributed by atoms with van der Waals surface area (Å²) in [5.41, 5.74) is 4.27. The van der Waals surface area contributed by atoms with Crippen molar-refractivity contribution in [3.05, 3.63) is 94.3 Å². The molecule has 4 aromatic rings. The summed E-state index contributed by atoms with van der Waals surface area (Å²) in [5.74, 6) is 1.70. The van der Waals surface area contributed by atoms with Gasteiger partial charge in [-0.15, -0.1) is 5.10 Å². The van der Waals surface area contributed by atoms with Gasteiger partial charge in [-0.05, 0) is 60.0 Å². The first kappa shape index (κ1) is 26.5. The number of methoxy groups -OCH3 is 2. The van der Waals surface area contributed by atoms with Crippen LogP contribution in [0.4, 0.5) is 5.69 Å². The zero-order valence-corrected chi connectivity index (χ0v) is 22.6. The van der Waals surface area contributed by atoms with Crippen molar-refractivity contribution in [2.75, 3.05) is 32.6 Å². The third kappa shape index (κ3) is 6.50. The van der Waals surface area contributed by atoms with E-state index in [0.717, 1.165) is 37.6 Å². The minimum Gasteiger partial charge on any atom is -0.493 e. The number of halogens is 1. The minimum atomic E-state index is -0.282. The average molecular weight is 548 g/mol. The lowest BCUT2D eigenvalue weighted by Crippen LogP contribution is -2.33. The highest BCUT2D eigenvalue weighted by molar-refractivity contribution is 6.31. The summed E-state index contributed by atoms with van der Waals surface area (Å²) in [7, 11) is 3.32. The maximum Gasteiger partial charge on any atom is 0.259 e. The molecule has 1 amide bonds. The molecule has 3 aromatic carbocycles. The van der Waals surface area contributed by atoms with Crippen molar-refractivity contribution >= 4 is 23.2 Å². The third-order valence-electron chi connectivity index (χ3n) is 6.62. The van der Waals surface area contributed by atoms with Crippen LogP contribution in [0.25, 0.3) is 0 Å². The highest BCUT2D eigenvalue weighted by Gasteiger charge is 2.20. The minimum absolute atomic E-state index is 0.195. The van der Waals surface area contributed by atoms with Crippen molar-refractivity contribution in [1.29, 1.82) is 0 Å². The molecule has 0 radical (unpaired) electrons. The topological polar surface area (TPSA) is 90.7 Å². The molecule has 9 nitrogen and oxygen atoms in total. The molecule has 1 aliphatic rings. The van der Waals surface area contributed by atoms with E-state index in [4.69, 9.17) is 25.8 Å². The quantitative estimate of drug-likeness (QED) is 0.304. The van der Waals surface area contributed by atoms with E-state index in [1.807, 2.05) is 16.9 Å². The van der Waals surface area contributed by atoms with Gasteiger partial charge in [0.2, 0.25) is 0 Å². The van der Waals surface area contributed by atoms with Crippen LogP contribution in [0.3, 0.4) is 0 Å². The monoisotopic (exact) mass is 547 g/mol. The molecule has 2 heterocycles. The second-order valence-electron chi connectivity index (χ2n) is 9.22. The number of nitrogens with one attached hydrogen (secondary N) is 1. The Hall–Kier alpha value is -4.08. The maximum absolute atomic E-state index is 12.9. The van der Waals surface area contributed by atoms with Crippen molar-refractivity contribution in [2.45, 2.75) is 26.1 Å². The lowest BCUT2D eigenvalue weighted by atomic mass is 9.99. The van der Waals surface area contributed by atoms with Gasteiger partial charge in [-0.2, -0.15) is 0 Å². The van der Waals surface area contributed by atoms with Gasteiger partial charge in [-0.3, -0.25) is 14.4 Å². The van der Waals surface area contributed by atoms with E-state index in [0.29, 0.717) is 34.3 Å². The number of carbonyl (C=O) groups excluding carboxylic acids is 1. The molecule has 0 atom stereocenters. The van der Waals surface area contributed by atoms with Crippen LogP contribution in [-0.4, -0.2) is 53.1 Å². The lowest BCUT2D eigenvalue weighted by Gasteiger charge is -2.29. The number of hydrogen-bond acceptors (Lipinski definition) is 7. The van der Waals surface area contributed by atoms with Crippen LogP contribution in [0.1, 0.15) is 27.2 Å². The third-order valence-corrected chi connectivity index (χ3v) is 6.85. The van der Waals surface area contributed by atoms with Gasteiger partial charge in [0, 0.05) is 30.3 Å². The maximum atomic E-state index is 12.9. The molecule has 0 unspecified atom stereocenters. The molecule has 0 bridgehead atoms. The molecule has 1 aromatic heterocycles. The van der Waals surface area contributed by atoms with E-state index in [1.165, 1.54) is 11.1 Å². The molecule has 39 heavy (non-hydrogen) atoms. The van der Waals surface area contributed by atoms with E-state index in [2.05, 4.69) is 32.7 Å². The first-order valence-electron chi connectivity index (χ1n) is 12.7. The number of hydrogen-bond donors (Lipinski definition) is 1. The Morgan fingerprint density at radius 1 is 0.974 bits per heavy atom. The lowest BCUT2D eigenvalue weighted by molar-refractivity contribution is 0.102. The summed E-state index contributed by atoms with van der Waals surface area (Å²) in [4.78, 5) is 15.2.